The molecule has 0 aliphatic heterocycles. The minimum Gasteiger partial charge on any atom is -0.508 e. The number of hydrogen-bond acceptors (Lipinski definition) is 7. The summed E-state index contributed by atoms with van der Waals surface area (Å²) in [6.07, 6.45) is 2.93. The molecule has 0 spiro atoms. The zero-order chi connectivity index (χ0) is 27.4. The van der Waals surface area contributed by atoms with Crippen LogP contribution in [0.1, 0.15) is 46.1 Å². The maximum absolute atomic E-state index is 13.1. The third kappa shape index (κ3) is 10.1. The van der Waals surface area contributed by atoms with E-state index in [4.69, 9.17) is 5.73 Å². The highest BCUT2D eigenvalue weighted by atomic mass is 32.2. The minimum absolute atomic E-state index is 0.00113. The Balaban J connectivity index is 2.98. The Kier molecular flexibility index (Phi) is 13.3. The Morgan fingerprint density at radius 1 is 0.944 bits per heavy atom. The van der Waals surface area contributed by atoms with Crippen molar-refractivity contribution in [3.05, 3.63) is 29.8 Å². The van der Waals surface area contributed by atoms with Crippen molar-refractivity contribution in [2.75, 3.05) is 12.0 Å². The molecule has 0 aromatic heterocycles. The molecule has 0 bridgehead atoms. The van der Waals surface area contributed by atoms with Gasteiger partial charge in [-0.1, -0.05) is 46.2 Å². The summed E-state index contributed by atoms with van der Waals surface area (Å²) in [4.78, 5) is 50.6. The molecule has 1 aromatic rings. The standard InChI is InChI=1S/C25H40N4O6S/c1-6-15(4)21(24(33)27-19(25(34)35)13-16-7-9-17(30)10-8-16)29-23(32)20(14(2)3)28-22(31)18(26)11-12-36-5/h7-10,14-15,18-21,30H,6,11-13,26H2,1-5H3,(H,27,33)(H,28,31)(H,29,32)(H,34,35). The molecule has 0 heterocycles. The molecule has 0 saturated heterocycles. The molecule has 0 saturated carbocycles. The van der Waals surface area contributed by atoms with Crippen molar-refractivity contribution >= 4 is 35.5 Å². The van der Waals surface area contributed by atoms with Crippen molar-refractivity contribution in [1.82, 2.24) is 16.0 Å². The highest BCUT2D eigenvalue weighted by Crippen LogP contribution is 2.14. The number of benzene rings is 1. The van der Waals surface area contributed by atoms with Crippen LogP contribution in [0, 0.1) is 11.8 Å². The summed E-state index contributed by atoms with van der Waals surface area (Å²) in [5, 5.41) is 27.0. The van der Waals surface area contributed by atoms with Gasteiger partial charge in [0.1, 0.15) is 23.9 Å². The molecule has 11 heteroatoms. The average Bonchev–Trinajstić information content (AvgIpc) is 2.83. The summed E-state index contributed by atoms with van der Waals surface area (Å²) < 4.78 is 0. The number of nitrogens with two attached hydrogens (primary N) is 1. The molecule has 5 atom stereocenters. The molecule has 36 heavy (non-hydrogen) atoms. The van der Waals surface area contributed by atoms with E-state index >= 15 is 0 Å². The smallest absolute Gasteiger partial charge is 0.326 e. The van der Waals surface area contributed by atoms with Gasteiger partial charge in [0.25, 0.3) is 0 Å². The molecule has 7 N–H and O–H groups in total. The summed E-state index contributed by atoms with van der Waals surface area (Å²) in [6, 6.07) is 2.11. The number of phenols is 1. The van der Waals surface area contributed by atoms with Crippen molar-refractivity contribution in [1.29, 1.82) is 0 Å². The first-order valence-electron chi connectivity index (χ1n) is 12.1. The van der Waals surface area contributed by atoms with E-state index < -0.39 is 47.9 Å². The number of nitrogens with one attached hydrogen (secondary N) is 3. The average molecular weight is 525 g/mol. The first-order valence-corrected chi connectivity index (χ1v) is 13.5. The van der Waals surface area contributed by atoms with Gasteiger partial charge in [-0.05, 0) is 48.0 Å². The van der Waals surface area contributed by atoms with Crippen molar-refractivity contribution in [2.45, 2.75) is 71.1 Å². The van der Waals surface area contributed by atoms with Gasteiger partial charge in [0.2, 0.25) is 17.7 Å². The Morgan fingerprint density at radius 3 is 2.00 bits per heavy atom. The van der Waals surface area contributed by atoms with E-state index in [2.05, 4.69) is 16.0 Å². The molecule has 0 radical (unpaired) electrons. The fraction of sp³-hybridized carbons (Fsp3) is 0.600. The monoisotopic (exact) mass is 524 g/mol. The first-order chi connectivity index (χ1) is 16.9. The van der Waals surface area contributed by atoms with Crippen LogP contribution in [0.25, 0.3) is 0 Å². The predicted molar refractivity (Wildman–Crippen MR) is 141 cm³/mol. The second-order valence-corrected chi connectivity index (χ2v) is 10.2. The number of thioether (sulfide) groups is 1. The van der Waals surface area contributed by atoms with Crippen molar-refractivity contribution in [2.24, 2.45) is 17.6 Å². The third-order valence-electron chi connectivity index (χ3n) is 6.00. The van der Waals surface area contributed by atoms with Crippen LogP contribution < -0.4 is 21.7 Å². The van der Waals surface area contributed by atoms with Crippen LogP contribution >= 0.6 is 11.8 Å². The van der Waals surface area contributed by atoms with Crippen LogP contribution in [0.5, 0.6) is 5.75 Å². The van der Waals surface area contributed by atoms with E-state index in [0.717, 1.165) is 0 Å². The molecule has 1 aromatic carbocycles. The Labute approximate surface area is 217 Å². The van der Waals surface area contributed by atoms with E-state index in [1.807, 2.05) is 13.2 Å². The summed E-state index contributed by atoms with van der Waals surface area (Å²) in [5.74, 6) is -2.66. The lowest BCUT2D eigenvalue weighted by Crippen LogP contribution is -2.60. The fourth-order valence-corrected chi connectivity index (χ4v) is 3.94. The number of carbonyl (C=O) groups is 4. The molecule has 10 nitrogen and oxygen atoms in total. The largest absolute Gasteiger partial charge is 0.508 e. The van der Waals surface area contributed by atoms with E-state index in [1.54, 1.807) is 44.7 Å². The fourth-order valence-electron chi connectivity index (χ4n) is 3.45. The zero-order valence-corrected chi connectivity index (χ0v) is 22.4. The normalized spacial score (nSPS) is 15.3. The lowest BCUT2D eigenvalue weighted by atomic mass is 9.95. The highest BCUT2D eigenvalue weighted by molar-refractivity contribution is 7.98. The van der Waals surface area contributed by atoms with Crippen LogP contribution in [-0.2, 0) is 25.6 Å². The lowest BCUT2D eigenvalue weighted by Gasteiger charge is -2.29. The molecule has 0 aliphatic rings. The topological polar surface area (TPSA) is 171 Å². The second kappa shape index (κ2) is 15.4. The number of aromatic hydroxyl groups is 1. The number of carboxylic acids is 1. The third-order valence-corrected chi connectivity index (χ3v) is 6.64. The van der Waals surface area contributed by atoms with Gasteiger partial charge in [-0.15, -0.1) is 0 Å². The van der Waals surface area contributed by atoms with E-state index in [0.29, 0.717) is 24.2 Å². The van der Waals surface area contributed by atoms with Crippen molar-refractivity contribution in [3.63, 3.8) is 0 Å². The Morgan fingerprint density at radius 2 is 1.50 bits per heavy atom. The minimum atomic E-state index is -1.24. The van der Waals surface area contributed by atoms with Crippen LogP contribution in [0.2, 0.25) is 0 Å². The molecule has 3 amide bonds. The van der Waals surface area contributed by atoms with Gasteiger partial charge in [-0.3, -0.25) is 14.4 Å². The number of amides is 3. The van der Waals surface area contributed by atoms with Gasteiger partial charge in [-0.2, -0.15) is 11.8 Å². The molecule has 5 unspecified atom stereocenters. The van der Waals surface area contributed by atoms with Crippen LogP contribution in [0.4, 0.5) is 0 Å². The van der Waals surface area contributed by atoms with E-state index in [1.165, 1.54) is 12.1 Å². The van der Waals surface area contributed by atoms with Crippen LogP contribution in [-0.4, -0.2) is 70.1 Å². The van der Waals surface area contributed by atoms with Gasteiger partial charge >= 0.3 is 5.97 Å². The van der Waals surface area contributed by atoms with Gasteiger partial charge in [-0.25, -0.2) is 4.79 Å². The molecule has 0 aliphatic carbocycles. The molecule has 202 valence electrons. The maximum Gasteiger partial charge on any atom is 0.326 e. The highest BCUT2D eigenvalue weighted by Gasteiger charge is 2.33. The molecular formula is C25H40N4O6S. The second-order valence-electron chi connectivity index (χ2n) is 9.26. The lowest BCUT2D eigenvalue weighted by molar-refractivity contribution is -0.142. The molecular weight excluding hydrogens is 484 g/mol. The quantitative estimate of drug-likeness (QED) is 0.199. The van der Waals surface area contributed by atoms with Crippen LogP contribution in [0.15, 0.2) is 24.3 Å². The van der Waals surface area contributed by atoms with Crippen LogP contribution in [0.3, 0.4) is 0 Å². The first kappa shape index (κ1) is 31.2. The number of carboxylic acid groups (broad SMARTS) is 1. The van der Waals surface area contributed by atoms with E-state index in [9.17, 15) is 29.4 Å². The molecule has 1 rings (SSSR count). The summed E-state index contributed by atoms with van der Waals surface area (Å²) in [5.41, 5.74) is 6.55. The molecule has 0 fully saturated rings. The number of phenolic OH excluding ortho intramolecular Hbond substituents is 1. The van der Waals surface area contributed by atoms with E-state index in [-0.39, 0.29) is 24.0 Å². The number of aliphatic carboxylic acids is 1. The summed E-state index contributed by atoms with van der Waals surface area (Å²) >= 11 is 1.57. The zero-order valence-electron chi connectivity index (χ0n) is 21.6. The SMILES string of the molecule is CCC(C)C(NC(=O)C(NC(=O)C(N)CCSC)C(C)C)C(=O)NC(Cc1ccc(O)cc1)C(=O)O. The van der Waals surface area contributed by atoms with Gasteiger partial charge in [0.15, 0.2) is 0 Å². The maximum atomic E-state index is 13.1. The Hall–Kier alpha value is -2.79. The van der Waals surface area contributed by atoms with Gasteiger partial charge in [0, 0.05) is 6.42 Å². The number of carbonyl (C=O) groups excluding carboxylic acids is 3. The van der Waals surface area contributed by atoms with Gasteiger partial charge in [0.05, 0.1) is 6.04 Å². The Bertz CT molecular complexity index is 880. The summed E-state index contributed by atoms with van der Waals surface area (Å²) in [6.45, 7) is 7.18. The summed E-state index contributed by atoms with van der Waals surface area (Å²) in [7, 11) is 0. The number of rotatable bonds is 15. The van der Waals surface area contributed by atoms with Crippen molar-refractivity contribution in [3.8, 4) is 5.75 Å². The van der Waals surface area contributed by atoms with Crippen molar-refractivity contribution < 1.29 is 29.4 Å². The van der Waals surface area contributed by atoms with Gasteiger partial charge < -0.3 is 31.9 Å². The number of hydrogen-bond donors (Lipinski definition) is 6. The predicted octanol–water partition coefficient (Wildman–Crippen LogP) is 1.26.